The largest absolute Gasteiger partial charge is 0.462 e. The number of aliphatic hydroxyl groups is 2. The Hall–Kier alpha value is -1.92. The van der Waals surface area contributed by atoms with Crippen molar-refractivity contribution in [1.82, 2.24) is 5.32 Å². The molecule has 0 spiro atoms. The van der Waals surface area contributed by atoms with Gasteiger partial charge in [0.05, 0.1) is 25.2 Å². The minimum Gasteiger partial charge on any atom is -0.462 e. The minimum atomic E-state index is -0.786. The summed E-state index contributed by atoms with van der Waals surface area (Å²) in [7, 11) is 0. The van der Waals surface area contributed by atoms with Crippen LogP contribution in [0.4, 0.5) is 0 Å². The van der Waals surface area contributed by atoms with E-state index in [1.807, 2.05) is 0 Å². The van der Waals surface area contributed by atoms with Crippen molar-refractivity contribution in [2.24, 2.45) is 0 Å². The molecule has 3 atom stereocenters. The number of carbonyl (C=O) groups is 2. The number of esters is 1. The zero-order valence-corrected chi connectivity index (χ0v) is 40.1. The number of amides is 1. The lowest BCUT2D eigenvalue weighted by Crippen LogP contribution is -2.46. The zero-order chi connectivity index (χ0) is 43.8. The van der Waals surface area contributed by atoms with E-state index in [2.05, 4.69) is 62.5 Å². The first-order chi connectivity index (χ1) is 29.5. The van der Waals surface area contributed by atoms with Gasteiger partial charge in [-0.2, -0.15) is 0 Å². The number of rotatable bonds is 47. The van der Waals surface area contributed by atoms with Crippen molar-refractivity contribution < 1.29 is 24.5 Å². The first-order valence-electron chi connectivity index (χ1n) is 26.2. The number of unbranched alkanes of at least 4 members (excludes halogenated alkanes) is 29. The van der Waals surface area contributed by atoms with E-state index in [-0.39, 0.29) is 24.9 Å². The summed E-state index contributed by atoms with van der Waals surface area (Å²) in [5.41, 5.74) is 0. The van der Waals surface area contributed by atoms with Gasteiger partial charge >= 0.3 is 5.97 Å². The van der Waals surface area contributed by atoms with Gasteiger partial charge in [0.2, 0.25) is 5.91 Å². The molecule has 0 aromatic carbocycles. The molecule has 0 heterocycles. The quantitative estimate of drug-likeness (QED) is 0.0322. The van der Waals surface area contributed by atoms with E-state index in [0.29, 0.717) is 19.3 Å². The van der Waals surface area contributed by atoms with Crippen molar-refractivity contribution >= 4 is 11.9 Å². The van der Waals surface area contributed by atoms with Crippen molar-refractivity contribution in [3.63, 3.8) is 0 Å². The van der Waals surface area contributed by atoms with Gasteiger partial charge in [0.15, 0.2) is 0 Å². The lowest BCUT2D eigenvalue weighted by atomic mass is 10.0. The highest BCUT2D eigenvalue weighted by Crippen LogP contribution is 2.18. The summed E-state index contributed by atoms with van der Waals surface area (Å²) in [6.07, 6.45) is 56.3. The molecule has 1 amide bonds. The molecule has 0 saturated carbocycles. The predicted molar refractivity (Wildman–Crippen MR) is 259 cm³/mol. The van der Waals surface area contributed by atoms with Gasteiger partial charge < -0.3 is 20.3 Å². The third-order valence-corrected chi connectivity index (χ3v) is 12.0. The van der Waals surface area contributed by atoms with Crippen LogP contribution in [0.1, 0.15) is 271 Å². The van der Waals surface area contributed by atoms with Crippen LogP contribution >= 0.6 is 0 Å². The highest BCUT2D eigenvalue weighted by molar-refractivity contribution is 5.77. The summed E-state index contributed by atoms with van der Waals surface area (Å²) >= 11 is 0. The topological polar surface area (TPSA) is 95.9 Å². The standard InChI is InChI=1S/C54H101NO5/c1-4-7-10-13-16-19-22-25-26-27-29-32-35-38-41-44-47-54(59)60-50(45-42-39-36-33-30-28-23-20-17-14-11-8-5-2)48-53(58)55-51(49-56)52(57)46-43-40-37-34-31-24-21-18-15-12-9-6-3/h7,10,16,19,25-26,50-52,56-57H,4-6,8-9,11-15,17-18,20-24,27-49H2,1-3H3,(H,55,58)/b10-7+,19-16+,26-25+. The van der Waals surface area contributed by atoms with Gasteiger partial charge in [-0.3, -0.25) is 9.59 Å². The van der Waals surface area contributed by atoms with Gasteiger partial charge in [0.25, 0.3) is 0 Å². The molecule has 60 heavy (non-hydrogen) atoms. The monoisotopic (exact) mass is 844 g/mol. The van der Waals surface area contributed by atoms with Gasteiger partial charge in [-0.05, 0) is 57.8 Å². The van der Waals surface area contributed by atoms with E-state index >= 15 is 0 Å². The van der Waals surface area contributed by atoms with Gasteiger partial charge in [-0.1, -0.05) is 237 Å². The van der Waals surface area contributed by atoms with Crippen molar-refractivity contribution in [3.05, 3.63) is 36.5 Å². The molecule has 0 fully saturated rings. The van der Waals surface area contributed by atoms with Crippen LogP contribution < -0.4 is 5.32 Å². The fourth-order valence-electron chi connectivity index (χ4n) is 8.03. The summed E-state index contributed by atoms with van der Waals surface area (Å²) in [5.74, 6) is -0.477. The number of hydrogen-bond donors (Lipinski definition) is 3. The third kappa shape index (κ3) is 42.8. The molecule has 352 valence electrons. The first kappa shape index (κ1) is 58.1. The molecular formula is C54H101NO5. The Bertz CT molecular complexity index is 993. The number of allylic oxidation sites excluding steroid dienone is 6. The maximum absolute atomic E-state index is 13.2. The smallest absolute Gasteiger partial charge is 0.306 e. The van der Waals surface area contributed by atoms with E-state index in [1.165, 1.54) is 154 Å². The highest BCUT2D eigenvalue weighted by atomic mass is 16.5. The van der Waals surface area contributed by atoms with Crippen LogP contribution in [0.25, 0.3) is 0 Å². The molecule has 0 radical (unpaired) electrons. The van der Waals surface area contributed by atoms with Crippen LogP contribution in [0, 0.1) is 0 Å². The van der Waals surface area contributed by atoms with Gasteiger partial charge in [0.1, 0.15) is 6.10 Å². The number of nitrogens with one attached hydrogen (secondary N) is 1. The summed E-state index contributed by atoms with van der Waals surface area (Å²) in [6.45, 7) is 6.38. The van der Waals surface area contributed by atoms with E-state index in [1.54, 1.807) is 0 Å². The number of ether oxygens (including phenoxy) is 1. The van der Waals surface area contributed by atoms with Crippen LogP contribution in [0.2, 0.25) is 0 Å². The van der Waals surface area contributed by atoms with Crippen LogP contribution in [0.5, 0.6) is 0 Å². The molecular weight excluding hydrogens is 743 g/mol. The van der Waals surface area contributed by atoms with Crippen molar-refractivity contribution in [3.8, 4) is 0 Å². The van der Waals surface area contributed by atoms with Crippen molar-refractivity contribution in [2.45, 2.75) is 289 Å². The lowest BCUT2D eigenvalue weighted by Gasteiger charge is -2.24. The van der Waals surface area contributed by atoms with Gasteiger partial charge in [0, 0.05) is 6.42 Å². The fraction of sp³-hybridized carbons (Fsp3) is 0.852. The van der Waals surface area contributed by atoms with Crippen LogP contribution in [0.15, 0.2) is 36.5 Å². The molecule has 6 nitrogen and oxygen atoms in total. The maximum atomic E-state index is 13.2. The Morgan fingerprint density at radius 1 is 0.500 bits per heavy atom. The molecule has 0 bridgehead atoms. The molecule has 0 saturated heterocycles. The second kappa shape index (κ2) is 48.1. The average molecular weight is 844 g/mol. The normalized spacial score (nSPS) is 13.5. The first-order valence-corrected chi connectivity index (χ1v) is 26.2. The average Bonchev–Trinajstić information content (AvgIpc) is 3.24. The van der Waals surface area contributed by atoms with Crippen LogP contribution in [-0.2, 0) is 14.3 Å². The second-order valence-corrected chi connectivity index (χ2v) is 17.9. The molecule has 0 aromatic rings. The Morgan fingerprint density at radius 2 is 0.900 bits per heavy atom. The van der Waals surface area contributed by atoms with Crippen molar-refractivity contribution in [1.29, 1.82) is 0 Å². The Labute approximate surface area is 373 Å². The predicted octanol–water partition coefficient (Wildman–Crippen LogP) is 15.7. The molecule has 0 rings (SSSR count). The Balaban J connectivity index is 4.56. The maximum Gasteiger partial charge on any atom is 0.306 e. The van der Waals surface area contributed by atoms with E-state index in [0.717, 1.165) is 70.6 Å². The van der Waals surface area contributed by atoms with Gasteiger partial charge in [-0.15, -0.1) is 0 Å². The number of aliphatic hydroxyl groups excluding tert-OH is 2. The molecule has 6 heteroatoms. The summed E-state index contributed by atoms with van der Waals surface area (Å²) < 4.78 is 5.94. The zero-order valence-electron chi connectivity index (χ0n) is 40.1. The molecule has 0 aliphatic carbocycles. The molecule has 0 aliphatic heterocycles. The summed E-state index contributed by atoms with van der Waals surface area (Å²) in [4.78, 5) is 26.1. The SMILES string of the molecule is CC/C=C/C/C=C/C/C=C/CCCCCCCCC(=O)OC(CCCCCCCCCCCCCCC)CC(=O)NC(CO)C(O)CCCCCCCCCCCCCC. The summed E-state index contributed by atoms with van der Waals surface area (Å²) in [5, 5.41) is 23.8. The molecule has 3 N–H and O–H groups in total. The number of hydrogen-bond acceptors (Lipinski definition) is 5. The Kier molecular flexibility index (Phi) is 46.6. The second-order valence-electron chi connectivity index (χ2n) is 17.9. The molecule has 0 aromatic heterocycles. The minimum absolute atomic E-state index is 0.0762. The summed E-state index contributed by atoms with van der Waals surface area (Å²) in [6, 6.07) is -0.700. The third-order valence-electron chi connectivity index (χ3n) is 12.0. The van der Waals surface area contributed by atoms with Crippen LogP contribution in [-0.4, -0.2) is 46.9 Å². The van der Waals surface area contributed by atoms with Crippen molar-refractivity contribution in [2.75, 3.05) is 6.61 Å². The molecule has 3 unspecified atom stereocenters. The van der Waals surface area contributed by atoms with E-state index in [9.17, 15) is 19.8 Å². The Morgan fingerprint density at radius 3 is 1.37 bits per heavy atom. The molecule has 0 aliphatic rings. The van der Waals surface area contributed by atoms with E-state index < -0.39 is 18.2 Å². The van der Waals surface area contributed by atoms with Gasteiger partial charge in [-0.25, -0.2) is 0 Å². The fourth-order valence-corrected chi connectivity index (χ4v) is 8.03. The number of carbonyl (C=O) groups excluding carboxylic acids is 2. The van der Waals surface area contributed by atoms with Crippen LogP contribution in [0.3, 0.4) is 0 Å². The highest BCUT2D eigenvalue weighted by Gasteiger charge is 2.24. The van der Waals surface area contributed by atoms with E-state index in [4.69, 9.17) is 4.74 Å². The lowest BCUT2D eigenvalue weighted by molar-refractivity contribution is -0.151.